The van der Waals surface area contributed by atoms with Gasteiger partial charge >= 0.3 is 0 Å². The number of carbonyl (C=O) groups excluding carboxylic acids is 1. The van der Waals surface area contributed by atoms with Crippen molar-refractivity contribution in [2.45, 2.75) is 57.5 Å². The number of aromatic nitrogens is 3. The second kappa shape index (κ2) is 11.9. The number of hydrogen-bond acceptors (Lipinski definition) is 6. The van der Waals surface area contributed by atoms with Crippen LogP contribution in [0.5, 0.6) is 5.75 Å². The van der Waals surface area contributed by atoms with Crippen LogP contribution in [0.3, 0.4) is 0 Å². The third-order valence-electron chi connectivity index (χ3n) is 6.23. The molecule has 0 saturated heterocycles. The standard InChI is InChI=1S/C31H34ClN5O2S/c1-30(2,3)24-16-20(17-25(27(24)39)31(4,5)6)18-33-34-26(38)19-40-29-36-35-28(21-12-14-22(32)15-13-21)37(29)23-10-8-7-9-11-23/h7-18,39H,19H2,1-6H3,(H,34,38)/b33-18+. The predicted molar refractivity (Wildman–Crippen MR) is 164 cm³/mol. The molecular formula is C31H34ClN5O2S. The molecule has 0 unspecified atom stereocenters. The highest BCUT2D eigenvalue weighted by molar-refractivity contribution is 7.99. The van der Waals surface area contributed by atoms with Crippen LogP contribution < -0.4 is 5.43 Å². The molecule has 1 heterocycles. The normalized spacial score (nSPS) is 12.2. The van der Waals surface area contributed by atoms with Crippen molar-refractivity contribution in [2.75, 3.05) is 5.75 Å². The molecule has 40 heavy (non-hydrogen) atoms. The van der Waals surface area contributed by atoms with Gasteiger partial charge in [-0.1, -0.05) is 83.1 Å². The van der Waals surface area contributed by atoms with E-state index in [0.717, 1.165) is 27.9 Å². The van der Waals surface area contributed by atoms with Crippen LogP contribution in [-0.4, -0.2) is 37.7 Å². The first kappa shape index (κ1) is 29.4. The van der Waals surface area contributed by atoms with E-state index in [9.17, 15) is 9.90 Å². The van der Waals surface area contributed by atoms with E-state index in [2.05, 4.69) is 62.3 Å². The van der Waals surface area contributed by atoms with E-state index in [1.165, 1.54) is 11.8 Å². The third kappa shape index (κ3) is 6.92. The van der Waals surface area contributed by atoms with Crippen LogP contribution in [0.1, 0.15) is 58.2 Å². The predicted octanol–water partition coefficient (Wildman–Crippen LogP) is 7.13. The Morgan fingerprint density at radius 2 is 1.57 bits per heavy atom. The lowest BCUT2D eigenvalue weighted by molar-refractivity contribution is -0.118. The van der Waals surface area contributed by atoms with Crippen molar-refractivity contribution in [3.63, 3.8) is 0 Å². The van der Waals surface area contributed by atoms with Gasteiger partial charge < -0.3 is 5.11 Å². The Hall–Kier alpha value is -3.62. The average molecular weight is 576 g/mol. The van der Waals surface area contributed by atoms with E-state index < -0.39 is 0 Å². The molecule has 208 valence electrons. The van der Waals surface area contributed by atoms with Gasteiger partial charge in [-0.05, 0) is 64.9 Å². The fraction of sp³-hybridized carbons (Fsp3) is 0.290. The van der Waals surface area contributed by atoms with Gasteiger partial charge in [0.2, 0.25) is 0 Å². The minimum atomic E-state index is -0.275. The smallest absolute Gasteiger partial charge is 0.250 e. The fourth-order valence-corrected chi connectivity index (χ4v) is 5.05. The van der Waals surface area contributed by atoms with E-state index in [1.54, 1.807) is 6.21 Å². The molecule has 0 aliphatic heterocycles. The van der Waals surface area contributed by atoms with Gasteiger partial charge in [-0.15, -0.1) is 10.2 Å². The van der Waals surface area contributed by atoms with Crippen molar-refractivity contribution in [1.82, 2.24) is 20.2 Å². The number of nitrogens with one attached hydrogen (secondary N) is 1. The van der Waals surface area contributed by atoms with Crippen molar-refractivity contribution < 1.29 is 9.90 Å². The molecular weight excluding hydrogens is 542 g/mol. The number of benzene rings is 3. The van der Waals surface area contributed by atoms with Gasteiger partial charge in [0.15, 0.2) is 11.0 Å². The summed E-state index contributed by atoms with van der Waals surface area (Å²) in [6.45, 7) is 12.3. The molecule has 0 saturated carbocycles. The molecule has 2 N–H and O–H groups in total. The molecule has 0 spiro atoms. The molecule has 1 amide bonds. The molecule has 1 aromatic heterocycles. The molecule has 3 aromatic carbocycles. The Morgan fingerprint density at radius 1 is 0.975 bits per heavy atom. The number of amides is 1. The maximum absolute atomic E-state index is 12.7. The summed E-state index contributed by atoms with van der Waals surface area (Å²) in [7, 11) is 0. The maximum atomic E-state index is 12.7. The van der Waals surface area contributed by atoms with Crippen molar-refractivity contribution >= 4 is 35.5 Å². The lowest BCUT2D eigenvalue weighted by atomic mass is 9.78. The zero-order valence-corrected chi connectivity index (χ0v) is 25.1. The van der Waals surface area contributed by atoms with Crippen molar-refractivity contribution in [3.8, 4) is 22.8 Å². The molecule has 0 atom stereocenters. The number of rotatable bonds is 7. The summed E-state index contributed by atoms with van der Waals surface area (Å²) < 4.78 is 1.92. The average Bonchev–Trinajstić information content (AvgIpc) is 3.32. The van der Waals surface area contributed by atoms with E-state index in [1.807, 2.05) is 71.3 Å². The lowest BCUT2D eigenvalue weighted by Crippen LogP contribution is -2.20. The highest BCUT2D eigenvalue weighted by Gasteiger charge is 2.26. The van der Waals surface area contributed by atoms with Crippen LogP contribution in [0.25, 0.3) is 17.1 Å². The molecule has 7 nitrogen and oxygen atoms in total. The summed E-state index contributed by atoms with van der Waals surface area (Å²) in [5.41, 5.74) is 6.31. The number of aromatic hydroxyl groups is 1. The molecule has 9 heteroatoms. The van der Waals surface area contributed by atoms with E-state index in [4.69, 9.17) is 11.6 Å². The second-order valence-electron chi connectivity index (χ2n) is 11.5. The number of hydrogen-bond donors (Lipinski definition) is 2. The number of carbonyl (C=O) groups is 1. The van der Waals surface area contributed by atoms with Gasteiger partial charge in [-0.3, -0.25) is 9.36 Å². The van der Waals surface area contributed by atoms with Crippen molar-refractivity contribution in [2.24, 2.45) is 5.10 Å². The molecule has 0 radical (unpaired) electrons. The molecule has 0 fully saturated rings. The molecule has 0 bridgehead atoms. The minimum Gasteiger partial charge on any atom is -0.507 e. The lowest BCUT2D eigenvalue weighted by Gasteiger charge is -2.27. The zero-order chi connectivity index (χ0) is 29.1. The van der Waals surface area contributed by atoms with E-state index in [-0.39, 0.29) is 22.5 Å². The Kier molecular flexibility index (Phi) is 8.71. The van der Waals surface area contributed by atoms with Gasteiger partial charge in [0.05, 0.1) is 12.0 Å². The monoisotopic (exact) mass is 575 g/mol. The van der Waals surface area contributed by atoms with Gasteiger partial charge in [-0.25, -0.2) is 5.43 Å². The number of hydrazone groups is 1. The summed E-state index contributed by atoms with van der Waals surface area (Å²) in [5, 5.41) is 25.1. The topological polar surface area (TPSA) is 92.4 Å². The van der Waals surface area contributed by atoms with Crippen molar-refractivity contribution in [1.29, 1.82) is 0 Å². The van der Waals surface area contributed by atoms with Gasteiger partial charge in [0, 0.05) is 27.4 Å². The van der Waals surface area contributed by atoms with Crippen LogP contribution >= 0.6 is 23.4 Å². The highest BCUT2D eigenvalue weighted by Crippen LogP contribution is 2.39. The Balaban J connectivity index is 1.51. The Labute approximate surface area is 244 Å². The number of phenolic OH excluding ortho intramolecular Hbond substituents is 1. The number of nitrogens with zero attached hydrogens (tertiary/aromatic N) is 4. The minimum absolute atomic E-state index is 0.0962. The van der Waals surface area contributed by atoms with Crippen LogP contribution in [0, 0.1) is 0 Å². The number of halogens is 1. The number of thioether (sulfide) groups is 1. The van der Waals surface area contributed by atoms with Crippen LogP contribution in [0.4, 0.5) is 0 Å². The van der Waals surface area contributed by atoms with Gasteiger partial charge in [0.25, 0.3) is 5.91 Å². The summed E-state index contributed by atoms with van der Waals surface area (Å²) in [6.07, 6.45) is 1.61. The highest BCUT2D eigenvalue weighted by atomic mass is 35.5. The first-order valence-corrected chi connectivity index (χ1v) is 14.3. The Morgan fingerprint density at radius 3 is 2.15 bits per heavy atom. The first-order chi connectivity index (χ1) is 18.8. The quantitative estimate of drug-likeness (QED) is 0.139. The molecule has 0 aliphatic rings. The van der Waals surface area contributed by atoms with Crippen LogP contribution in [0.15, 0.2) is 77.0 Å². The molecule has 4 rings (SSSR count). The Bertz CT molecular complexity index is 1480. The van der Waals surface area contributed by atoms with Gasteiger partial charge in [-0.2, -0.15) is 5.10 Å². The van der Waals surface area contributed by atoms with Crippen LogP contribution in [-0.2, 0) is 15.6 Å². The van der Waals surface area contributed by atoms with Crippen LogP contribution in [0.2, 0.25) is 5.02 Å². The second-order valence-corrected chi connectivity index (χ2v) is 12.9. The van der Waals surface area contributed by atoms with E-state index in [0.29, 0.717) is 21.8 Å². The maximum Gasteiger partial charge on any atom is 0.250 e. The largest absolute Gasteiger partial charge is 0.507 e. The third-order valence-corrected chi connectivity index (χ3v) is 7.41. The summed E-state index contributed by atoms with van der Waals surface area (Å²) >= 11 is 7.35. The summed E-state index contributed by atoms with van der Waals surface area (Å²) in [4.78, 5) is 12.7. The zero-order valence-electron chi connectivity index (χ0n) is 23.6. The fourth-order valence-electron chi connectivity index (χ4n) is 4.18. The number of phenols is 1. The SMILES string of the molecule is CC(C)(C)c1cc(/C=N/NC(=O)CSc2nnc(-c3ccc(Cl)cc3)n2-c2ccccc2)cc(C(C)(C)C)c1O. The van der Waals surface area contributed by atoms with Gasteiger partial charge in [0.1, 0.15) is 5.75 Å². The molecule has 4 aromatic rings. The summed E-state index contributed by atoms with van der Waals surface area (Å²) in [5.74, 6) is 0.778. The van der Waals surface area contributed by atoms with E-state index >= 15 is 0 Å². The van der Waals surface area contributed by atoms with Crippen molar-refractivity contribution in [3.05, 3.63) is 88.4 Å². The summed E-state index contributed by atoms with van der Waals surface area (Å²) in [6, 6.07) is 21.0. The first-order valence-electron chi connectivity index (χ1n) is 12.9. The molecule has 0 aliphatic carbocycles. The number of para-hydroxylation sites is 1.